The second kappa shape index (κ2) is 2.37. The van der Waals surface area contributed by atoms with Crippen molar-refractivity contribution >= 4 is 16.2 Å². The summed E-state index contributed by atoms with van der Waals surface area (Å²) in [6.07, 6.45) is 3.53. The lowest BCUT2D eigenvalue weighted by atomic mass is 10.8. The SMILES string of the molecule is CS(C)(N)CC(=O)O. The lowest BCUT2D eigenvalue weighted by Crippen LogP contribution is -2.17. The van der Waals surface area contributed by atoms with Crippen molar-refractivity contribution in [2.75, 3.05) is 18.3 Å². The molecule has 0 aliphatic heterocycles. The van der Waals surface area contributed by atoms with Crippen LogP contribution in [0.4, 0.5) is 0 Å². The molecule has 0 atom stereocenters. The summed E-state index contributed by atoms with van der Waals surface area (Å²) in [6.45, 7) is 0. The van der Waals surface area contributed by atoms with Crippen LogP contribution in [-0.2, 0) is 4.79 Å². The summed E-state index contributed by atoms with van der Waals surface area (Å²) in [5.74, 6) is -0.708. The summed E-state index contributed by atoms with van der Waals surface area (Å²) < 4.78 is 0. The predicted octanol–water partition coefficient (Wildman–Crippen LogP) is 0.00890. The third-order valence-electron chi connectivity index (χ3n) is 0.495. The van der Waals surface area contributed by atoms with E-state index in [2.05, 4.69) is 0 Å². The van der Waals surface area contributed by atoms with Gasteiger partial charge in [-0.15, -0.1) is 0 Å². The molecule has 0 fully saturated rings. The third-order valence-corrected chi connectivity index (χ3v) is 1.49. The lowest BCUT2D eigenvalue weighted by molar-refractivity contribution is -0.133. The Bertz CT molecular complexity index is 96.7. The van der Waals surface area contributed by atoms with Crippen molar-refractivity contribution in [1.29, 1.82) is 0 Å². The quantitative estimate of drug-likeness (QED) is 0.563. The molecule has 0 aromatic carbocycles. The zero-order valence-electron chi connectivity index (χ0n) is 5.05. The number of rotatable bonds is 2. The first-order chi connectivity index (χ1) is 3.42. The van der Waals surface area contributed by atoms with Gasteiger partial charge in [0.2, 0.25) is 0 Å². The molecule has 0 saturated carbocycles. The maximum absolute atomic E-state index is 9.96. The fourth-order valence-electron chi connectivity index (χ4n) is 0.318. The van der Waals surface area contributed by atoms with Crippen LogP contribution in [-0.4, -0.2) is 29.3 Å². The molecule has 0 aromatic heterocycles. The minimum atomic E-state index is -1.32. The van der Waals surface area contributed by atoms with Gasteiger partial charge in [-0.3, -0.25) is 9.93 Å². The highest BCUT2D eigenvalue weighted by molar-refractivity contribution is 8.31. The topological polar surface area (TPSA) is 63.3 Å². The summed E-state index contributed by atoms with van der Waals surface area (Å²) in [5.41, 5.74) is 0. The van der Waals surface area contributed by atoms with E-state index in [0.29, 0.717) is 0 Å². The van der Waals surface area contributed by atoms with Crippen LogP contribution in [0, 0.1) is 0 Å². The fraction of sp³-hybridized carbons (Fsp3) is 0.750. The van der Waals surface area contributed by atoms with Crippen LogP contribution >= 0.6 is 10.2 Å². The van der Waals surface area contributed by atoms with Gasteiger partial charge in [0.25, 0.3) is 0 Å². The van der Waals surface area contributed by atoms with Crippen LogP contribution in [0.1, 0.15) is 0 Å². The van der Waals surface area contributed by atoms with Gasteiger partial charge in [-0.1, -0.05) is 0 Å². The Morgan fingerprint density at radius 3 is 2.12 bits per heavy atom. The van der Waals surface area contributed by atoms with Crippen LogP contribution < -0.4 is 5.14 Å². The van der Waals surface area contributed by atoms with Gasteiger partial charge in [0.15, 0.2) is 0 Å². The van der Waals surface area contributed by atoms with E-state index in [1.54, 1.807) is 12.5 Å². The highest BCUT2D eigenvalue weighted by atomic mass is 32.3. The Kier molecular flexibility index (Phi) is 2.30. The second-order valence-electron chi connectivity index (χ2n) is 2.16. The minimum absolute atomic E-state index is 0.104. The Morgan fingerprint density at radius 1 is 1.75 bits per heavy atom. The summed E-state index contributed by atoms with van der Waals surface area (Å²) >= 11 is 0. The Labute approximate surface area is 50.3 Å². The standard InChI is InChI=1S/C4H11NO2S/c1-8(2,5)3-4(6)7/h3,5H2,1-2H3,(H,6,7). The third kappa shape index (κ3) is 5.78. The van der Waals surface area contributed by atoms with Gasteiger partial charge in [0.05, 0.1) is 5.75 Å². The van der Waals surface area contributed by atoms with Crippen molar-refractivity contribution in [3.63, 3.8) is 0 Å². The molecule has 0 unspecified atom stereocenters. The molecule has 0 radical (unpaired) electrons. The Balaban J connectivity index is 3.55. The molecule has 0 spiro atoms. The van der Waals surface area contributed by atoms with Crippen molar-refractivity contribution < 1.29 is 9.90 Å². The summed E-state index contributed by atoms with van der Waals surface area (Å²) in [6, 6.07) is 0. The Hall–Kier alpha value is -0.220. The Morgan fingerprint density at radius 2 is 2.12 bits per heavy atom. The van der Waals surface area contributed by atoms with E-state index in [1.165, 1.54) is 0 Å². The van der Waals surface area contributed by atoms with Crippen molar-refractivity contribution in [3.05, 3.63) is 0 Å². The van der Waals surface area contributed by atoms with Gasteiger partial charge in [-0.25, -0.2) is 0 Å². The first kappa shape index (κ1) is 7.78. The lowest BCUT2D eigenvalue weighted by Gasteiger charge is -2.21. The first-order valence-corrected chi connectivity index (χ1v) is 4.80. The van der Waals surface area contributed by atoms with Crippen LogP contribution in [0.15, 0.2) is 0 Å². The largest absolute Gasteiger partial charge is 0.481 e. The number of aliphatic carboxylic acids is 1. The number of carboxylic acid groups (broad SMARTS) is 1. The molecule has 0 rings (SSSR count). The van der Waals surface area contributed by atoms with E-state index in [4.69, 9.17) is 10.2 Å². The van der Waals surface area contributed by atoms with E-state index in [1.807, 2.05) is 0 Å². The van der Waals surface area contributed by atoms with Gasteiger partial charge in [-0.05, 0) is 12.5 Å². The maximum atomic E-state index is 9.96. The molecule has 0 aromatic rings. The van der Waals surface area contributed by atoms with Gasteiger partial charge in [-0.2, -0.15) is 10.2 Å². The van der Waals surface area contributed by atoms with Gasteiger partial charge in [0, 0.05) is 0 Å². The first-order valence-electron chi connectivity index (χ1n) is 2.12. The smallest absolute Gasteiger partial charge is 0.313 e. The molecule has 0 aliphatic rings. The summed E-state index contributed by atoms with van der Waals surface area (Å²) in [5, 5.41) is 13.6. The molecule has 0 bridgehead atoms. The van der Waals surface area contributed by atoms with Crippen LogP contribution in [0.2, 0.25) is 0 Å². The average Bonchev–Trinajstić information content (AvgIpc) is 1.21. The van der Waals surface area contributed by atoms with Crippen LogP contribution in [0.3, 0.4) is 0 Å². The molecular weight excluding hydrogens is 126 g/mol. The molecule has 0 aliphatic carbocycles. The van der Waals surface area contributed by atoms with E-state index in [0.717, 1.165) is 0 Å². The number of hydrogen-bond acceptors (Lipinski definition) is 2. The zero-order chi connectivity index (χ0) is 6.78. The molecule has 0 saturated heterocycles. The normalized spacial score (nSPS) is 13.4. The van der Waals surface area contributed by atoms with Gasteiger partial charge in [0.1, 0.15) is 0 Å². The highest BCUT2D eigenvalue weighted by Gasteiger charge is 2.08. The molecule has 3 nitrogen and oxygen atoms in total. The van der Waals surface area contributed by atoms with E-state index >= 15 is 0 Å². The zero-order valence-corrected chi connectivity index (χ0v) is 5.86. The molecule has 50 valence electrons. The van der Waals surface area contributed by atoms with E-state index < -0.39 is 16.2 Å². The number of hydrogen-bond donors (Lipinski definition) is 2. The van der Waals surface area contributed by atoms with Crippen molar-refractivity contribution in [2.24, 2.45) is 5.14 Å². The minimum Gasteiger partial charge on any atom is -0.481 e. The number of nitrogens with two attached hydrogens (primary N) is 1. The monoisotopic (exact) mass is 137 g/mol. The number of carbonyl (C=O) groups is 1. The van der Waals surface area contributed by atoms with E-state index in [-0.39, 0.29) is 5.75 Å². The molecule has 8 heavy (non-hydrogen) atoms. The van der Waals surface area contributed by atoms with Gasteiger partial charge >= 0.3 is 5.97 Å². The van der Waals surface area contributed by atoms with Crippen LogP contribution in [0.25, 0.3) is 0 Å². The average molecular weight is 137 g/mol. The summed E-state index contributed by atoms with van der Waals surface area (Å²) in [4.78, 5) is 9.96. The van der Waals surface area contributed by atoms with Crippen molar-refractivity contribution in [3.8, 4) is 0 Å². The predicted molar refractivity (Wildman–Crippen MR) is 36.1 cm³/mol. The molecule has 0 amide bonds. The number of carboxylic acids is 1. The molecule has 0 heterocycles. The van der Waals surface area contributed by atoms with Crippen molar-refractivity contribution in [2.45, 2.75) is 0 Å². The maximum Gasteiger partial charge on any atom is 0.313 e. The van der Waals surface area contributed by atoms with Crippen LogP contribution in [0.5, 0.6) is 0 Å². The van der Waals surface area contributed by atoms with E-state index in [9.17, 15) is 4.79 Å². The van der Waals surface area contributed by atoms with Gasteiger partial charge < -0.3 is 5.11 Å². The fourth-order valence-corrected chi connectivity index (χ4v) is 0.955. The highest BCUT2D eigenvalue weighted by Crippen LogP contribution is 2.27. The molecular formula is C4H11NO2S. The van der Waals surface area contributed by atoms with Crippen molar-refractivity contribution in [1.82, 2.24) is 0 Å². The molecule has 4 heteroatoms. The summed E-state index contributed by atoms with van der Waals surface area (Å²) in [7, 11) is -1.32. The molecule has 3 N–H and O–H groups in total. The second-order valence-corrected chi connectivity index (χ2v) is 5.70.